The van der Waals surface area contributed by atoms with Crippen LogP contribution in [0.1, 0.15) is 6.42 Å². The van der Waals surface area contributed by atoms with Gasteiger partial charge in [-0.2, -0.15) is 0 Å². The van der Waals surface area contributed by atoms with Gasteiger partial charge in [0.05, 0.1) is 0 Å². The molecule has 1 aliphatic rings. The molecule has 1 fully saturated rings. The molecule has 0 aliphatic carbocycles. The zero-order valence-corrected chi connectivity index (χ0v) is 4.62. The Balaban J connectivity index is 2.40. The third-order valence-corrected chi connectivity index (χ3v) is 1.27. The van der Waals surface area contributed by atoms with Gasteiger partial charge >= 0.3 is 0 Å². The van der Waals surface area contributed by atoms with E-state index in [0.717, 1.165) is 0 Å². The van der Waals surface area contributed by atoms with Gasteiger partial charge in [-0.25, -0.2) is 0 Å². The third kappa shape index (κ3) is 1.09. The van der Waals surface area contributed by atoms with Crippen molar-refractivity contribution in [2.24, 2.45) is 0 Å². The standard InChI is InChI=1S/C4H6NOS/c6-4-1-3(7)2-5-4/h3H,1-2H2,(H,5,6). The monoisotopic (exact) mass is 116 g/mol. The minimum Gasteiger partial charge on any atom is -0.355 e. The van der Waals surface area contributed by atoms with E-state index in [2.05, 4.69) is 5.32 Å². The zero-order valence-electron chi connectivity index (χ0n) is 3.81. The fourth-order valence-corrected chi connectivity index (χ4v) is 0.813. The maximum absolute atomic E-state index is 10.3. The molecule has 0 aromatic heterocycles. The van der Waals surface area contributed by atoms with Gasteiger partial charge in [-0.05, 0) is 0 Å². The molecule has 1 atom stereocenters. The van der Waals surface area contributed by atoms with E-state index in [-0.39, 0.29) is 11.2 Å². The van der Waals surface area contributed by atoms with E-state index in [0.29, 0.717) is 13.0 Å². The van der Waals surface area contributed by atoms with E-state index in [1.807, 2.05) is 0 Å². The molecule has 3 heteroatoms. The summed E-state index contributed by atoms with van der Waals surface area (Å²) >= 11 is 4.80. The second-order valence-electron chi connectivity index (χ2n) is 1.63. The summed E-state index contributed by atoms with van der Waals surface area (Å²) in [5.74, 6) is 0.0972. The van der Waals surface area contributed by atoms with Gasteiger partial charge in [0.1, 0.15) is 0 Å². The van der Waals surface area contributed by atoms with Crippen LogP contribution in [-0.4, -0.2) is 17.7 Å². The fourth-order valence-electron chi connectivity index (χ4n) is 0.579. The maximum atomic E-state index is 10.3. The molecule has 7 heavy (non-hydrogen) atoms. The highest BCUT2D eigenvalue weighted by atomic mass is 32.1. The molecule has 0 aromatic carbocycles. The van der Waals surface area contributed by atoms with E-state index in [9.17, 15) is 4.79 Å². The number of nitrogens with one attached hydrogen (secondary N) is 1. The molecule has 0 spiro atoms. The average molecular weight is 116 g/mol. The van der Waals surface area contributed by atoms with Gasteiger partial charge in [0.2, 0.25) is 5.91 Å². The molecule has 1 N–H and O–H groups in total. The van der Waals surface area contributed by atoms with Crippen molar-refractivity contribution >= 4 is 18.5 Å². The van der Waals surface area contributed by atoms with Gasteiger partial charge in [0, 0.05) is 18.2 Å². The van der Waals surface area contributed by atoms with E-state index < -0.39 is 0 Å². The Morgan fingerprint density at radius 3 is 2.71 bits per heavy atom. The summed E-state index contributed by atoms with van der Waals surface area (Å²) in [6.07, 6.45) is 0.537. The van der Waals surface area contributed by atoms with E-state index in [1.165, 1.54) is 0 Å². The lowest BCUT2D eigenvalue weighted by Gasteiger charge is -1.86. The van der Waals surface area contributed by atoms with Crippen molar-refractivity contribution in [3.63, 3.8) is 0 Å². The zero-order chi connectivity index (χ0) is 5.28. The highest BCUT2D eigenvalue weighted by Gasteiger charge is 2.17. The minimum atomic E-state index is 0.0972. The van der Waals surface area contributed by atoms with Crippen LogP contribution in [0.4, 0.5) is 0 Å². The van der Waals surface area contributed by atoms with Crippen molar-refractivity contribution in [2.75, 3.05) is 6.54 Å². The number of carbonyl (C=O) groups is 1. The Labute approximate surface area is 47.7 Å². The van der Waals surface area contributed by atoms with Crippen molar-refractivity contribution in [3.8, 4) is 0 Å². The van der Waals surface area contributed by atoms with Crippen molar-refractivity contribution < 1.29 is 4.79 Å². The molecule has 1 saturated heterocycles. The highest BCUT2D eigenvalue weighted by Crippen LogP contribution is 2.04. The number of rotatable bonds is 0. The minimum absolute atomic E-state index is 0.0972. The summed E-state index contributed by atoms with van der Waals surface area (Å²) in [4.78, 5) is 10.3. The van der Waals surface area contributed by atoms with Crippen molar-refractivity contribution in [2.45, 2.75) is 11.7 Å². The first kappa shape index (κ1) is 4.97. The van der Waals surface area contributed by atoms with Gasteiger partial charge in [-0.15, -0.1) is 0 Å². The normalized spacial score (nSPS) is 30.4. The van der Waals surface area contributed by atoms with Crippen LogP contribution in [0.25, 0.3) is 0 Å². The van der Waals surface area contributed by atoms with Crippen LogP contribution in [-0.2, 0) is 4.79 Å². The molecule has 1 unspecified atom stereocenters. The summed E-state index contributed by atoms with van der Waals surface area (Å²) in [6.45, 7) is 0.689. The quantitative estimate of drug-likeness (QED) is 0.477. The summed E-state index contributed by atoms with van der Waals surface area (Å²) in [7, 11) is 0. The first-order valence-electron chi connectivity index (χ1n) is 2.21. The molecule has 0 aromatic rings. The number of amides is 1. The Hall–Kier alpha value is -0.180. The topological polar surface area (TPSA) is 29.1 Å². The molecular formula is C4H6NOS. The van der Waals surface area contributed by atoms with Crippen molar-refractivity contribution in [1.29, 1.82) is 0 Å². The van der Waals surface area contributed by atoms with Crippen LogP contribution in [0.2, 0.25) is 0 Å². The molecular weight excluding hydrogens is 110 g/mol. The lowest BCUT2D eigenvalue weighted by Crippen LogP contribution is -2.13. The SMILES string of the molecule is O=C1CC([S])CN1. The van der Waals surface area contributed by atoms with E-state index in [4.69, 9.17) is 12.6 Å². The Kier molecular flexibility index (Phi) is 1.23. The molecule has 1 heterocycles. The lowest BCUT2D eigenvalue weighted by atomic mass is 10.4. The smallest absolute Gasteiger partial charge is 0.221 e. The first-order chi connectivity index (χ1) is 3.29. The van der Waals surface area contributed by atoms with Crippen LogP contribution < -0.4 is 5.32 Å². The van der Waals surface area contributed by atoms with Gasteiger partial charge in [0.15, 0.2) is 0 Å². The van der Waals surface area contributed by atoms with E-state index >= 15 is 0 Å². The molecule has 1 rings (SSSR count). The summed E-state index contributed by atoms with van der Waals surface area (Å²) < 4.78 is 0. The molecule has 0 bridgehead atoms. The van der Waals surface area contributed by atoms with Gasteiger partial charge < -0.3 is 5.32 Å². The van der Waals surface area contributed by atoms with Gasteiger partial charge in [0.25, 0.3) is 0 Å². The predicted molar refractivity (Wildman–Crippen MR) is 29.0 cm³/mol. The van der Waals surface area contributed by atoms with Gasteiger partial charge in [-0.3, -0.25) is 4.79 Å². The van der Waals surface area contributed by atoms with Crippen LogP contribution in [0.5, 0.6) is 0 Å². The van der Waals surface area contributed by atoms with Crippen molar-refractivity contribution in [1.82, 2.24) is 5.32 Å². The second kappa shape index (κ2) is 1.74. The molecule has 1 aliphatic heterocycles. The predicted octanol–water partition coefficient (Wildman–Crippen LogP) is 0.0724. The second-order valence-corrected chi connectivity index (χ2v) is 2.30. The molecule has 1 amide bonds. The third-order valence-electron chi connectivity index (χ3n) is 0.940. The van der Waals surface area contributed by atoms with E-state index in [1.54, 1.807) is 0 Å². The fraction of sp³-hybridized carbons (Fsp3) is 0.750. The van der Waals surface area contributed by atoms with Crippen molar-refractivity contribution in [3.05, 3.63) is 0 Å². The number of hydrogen-bond donors (Lipinski definition) is 1. The van der Waals surface area contributed by atoms with Crippen LogP contribution in [0.15, 0.2) is 0 Å². The Morgan fingerprint density at radius 1 is 1.86 bits per heavy atom. The van der Waals surface area contributed by atoms with Crippen LogP contribution in [0.3, 0.4) is 0 Å². The first-order valence-corrected chi connectivity index (χ1v) is 2.68. The maximum Gasteiger partial charge on any atom is 0.221 e. The Bertz CT molecular complexity index is 93.7. The molecule has 0 saturated carbocycles. The molecule has 39 valence electrons. The highest BCUT2D eigenvalue weighted by molar-refractivity contribution is 7.81. The number of carbonyl (C=O) groups excluding carboxylic acids is 1. The summed E-state index contributed by atoms with van der Waals surface area (Å²) in [6, 6.07) is 0. The largest absolute Gasteiger partial charge is 0.355 e. The Morgan fingerprint density at radius 2 is 2.57 bits per heavy atom. The summed E-state index contributed by atoms with van der Waals surface area (Å²) in [5.41, 5.74) is 0. The van der Waals surface area contributed by atoms with Gasteiger partial charge in [-0.1, -0.05) is 12.6 Å². The lowest BCUT2D eigenvalue weighted by molar-refractivity contribution is -0.119. The number of hydrogen-bond acceptors (Lipinski definition) is 1. The van der Waals surface area contributed by atoms with Crippen LogP contribution >= 0.6 is 12.6 Å². The summed E-state index contributed by atoms with van der Waals surface area (Å²) in [5, 5.41) is 2.77. The average Bonchev–Trinajstić information content (AvgIpc) is 1.87. The van der Waals surface area contributed by atoms with Crippen LogP contribution in [0, 0.1) is 0 Å². The molecule has 2 nitrogen and oxygen atoms in total. The molecule has 1 radical (unpaired) electrons.